The van der Waals surface area contributed by atoms with Gasteiger partial charge in [-0.25, -0.2) is 0 Å². The maximum absolute atomic E-state index is 13.6. The number of nitrogens with one attached hydrogen (secondary N) is 4. The molecule has 4 amide bonds. The van der Waals surface area contributed by atoms with Crippen LogP contribution in [0.2, 0.25) is 0 Å². The quantitative estimate of drug-likeness (QED) is 0.0290. The van der Waals surface area contributed by atoms with Crippen LogP contribution in [0, 0.1) is 0 Å². The Labute approximate surface area is 748 Å². The van der Waals surface area contributed by atoms with Crippen LogP contribution in [0.3, 0.4) is 0 Å². The van der Waals surface area contributed by atoms with Crippen molar-refractivity contribution in [2.24, 2.45) is 0 Å². The number of aliphatic hydroxyl groups excluding tert-OH is 29. The van der Waals surface area contributed by atoms with Crippen molar-refractivity contribution in [2.45, 2.75) is 379 Å². The van der Waals surface area contributed by atoms with E-state index in [0.717, 1.165) is 27.7 Å². The monoisotopic (exact) mass is 1930 g/mol. The average Bonchev–Trinajstić information content (AvgIpc) is 0.759. The predicted octanol–water partition coefficient (Wildman–Crippen LogP) is -22.3. The molecule has 11 aliphatic rings. The number of hydrogen-bond acceptors (Lipinski definition) is 54. The largest absolute Gasteiger partial charge is 0.394 e. The fourth-order valence-electron chi connectivity index (χ4n) is 17.3. The topological polar surface area (TPSA) is 897 Å². The maximum Gasteiger partial charge on any atom is 0.217 e. The first-order valence-corrected chi connectivity index (χ1v) is 42.4. The highest BCUT2D eigenvalue weighted by Crippen LogP contribution is 2.43. The third-order valence-corrected chi connectivity index (χ3v) is 24.5. The van der Waals surface area contributed by atoms with Gasteiger partial charge < -0.3 is 269 Å². The van der Waals surface area contributed by atoms with Crippen LogP contribution in [0.5, 0.6) is 0 Å². The minimum atomic E-state index is -2.69. The Morgan fingerprint density at radius 2 is 0.470 bits per heavy atom. The van der Waals surface area contributed by atoms with Crippen LogP contribution < -0.4 is 21.3 Å². The molecule has 132 heavy (non-hydrogen) atoms. The molecular weight excluding hydrogens is 1810 g/mol. The predicted molar refractivity (Wildman–Crippen MR) is 406 cm³/mol. The summed E-state index contributed by atoms with van der Waals surface area (Å²) in [5.41, 5.74) is 0. The number of aliphatic hydroxyl groups is 29. The van der Waals surface area contributed by atoms with E-state index in [1.807, 2.05) is 0 Å². The Balaban J connectivity index is 0.971. The summed E-state index contributed by atoms with van der Waals surface area (Å²) in [6.07, 6.45) is -109. The second-order valence-corrected chi connectivity index (χ2v) is 33.7. The number of amides is 4. The van der Waals surface area contributed by atoms with Crippen molar-refractivity contribution in [3.05, 3.63) is 0 Å². The number of ether oxygens (including phenoxy) is 21. The summed E-state index contributed by atoms with van der Waals surface area (Å²) in [5, 5.41) is 336. The normalized spacial score (nSPS) is 50.4. The van der Waals surface area contributed by atoms with Gasteiger partial charge in [0.1, 0.15) is 256 Å². The van der Waals surface area contributed by atoms with Gasteiger partial charge in [-0.05, 0) is 13.8 Å². The van der Waals surface area contributed by atoms with E-state index in [0.29, 0.717) is 0 Å². The first-order valence-electron chi connectivity index (χ1n) is 42.4. The lowest BCUT2D eigenvalue weighted by Crippen LogP contribution is -2.71. The third kappa shape index (κ3) is 23.5. The lowest BCUT2D eigenvalue weighted by atomic mass is 9.93. The Kier molecular flexibility index (Phi) is 38.5. The maximum atomic E-state index is 13.6. The Hall–Kier alpha value is -4.12. The summed E-state index contributed by atoms with van der Waals surface area (Å²) >= 11 is 0. The molecule has 0 aliphatic carbocycles. The van der Waals surface area contributed by atoms with Crippen molar-refractivity contribution < 1.29 is 267 Å². The molecule has 11 rings (SSSR count). The van der Waals surface area contributed by atoms with Gasteiger partial charge in [-0.3, -0.25) is 19.2 Å². The van der Waals surface area contributed by atoms with Crippen LogP contribution >= 0.6 is 0 Å². The lowest BCUT2D eigenvalue weighted by molar-refractivity contribution is -0.404. The van der Waals surface area contributed by atoms with Crippen LogP contribution in [0.15, 0.2) is 0 Å². The zero-order chi connectivity index (χ0) is 97.1. The minimum absolute atomic E-state index is 0.817. The number of carbonyl (C=O) groups is 4. The molecule has 0 radical (unpaired) electrons. The Bertz CT molecular complexity index is 3610. The van der Waals surface area contributed by atoms with Crippen LogP contribution in [0.25, 0.3) is 0 Å². The Morgan fingerprint density at radius 1 is 0.212 bits per heavy atom. The summed E-state index contributed by atoms with van der Waals surface area (Å²) in [5.74, 6) is -3.89. The first kappa shape index (κ1) is 108. The summed E-state index contributed by atoms with van der Waals surface area (Å²) in [6.45, 7) is -4.51. The molecule has 11 saturated heterocycles. The fraction of sp³-hybridized carbons (Fsp3) is 0.946. The molecule has 0 spiro atoms. The first-order chi connectivity index (χ1) is 62.4. The van der Waals surface area contributed by atoms with Crippen LogP contribution in [0.4, 0.5) is 0 Å². The summed E-state index contributed by atoms with van der Waals surface area (Å²) < 4.78 is 127. The van der Waals surface area contributed by atoms with Gasteiger partial charge in [-0.15, -0.1) is 0 Å². The highest BCUT2D eigenvalue weighted by atomic mass is 16.8. The van der Waals surface area contributed by atoms with Gasteiger partial charge in [-0.1, -0.05) is 0 Å². The molecular formula is C74H124N4O54. The lowest BCUT2D eigenvalue weighted by Gasteiger charge is -2.52. The number of carbonyl (C=O) groups excluding carboxylic acids is 4. The summed E-state index contributed by atoms with van der Waals surface area (Å²) in [6, 6.07) is -7.87. The van der Waals surface area contributed by atoms with Crippen molar-refractivity contribution in [3.8, 4) is 0 Å². The van der Waals surface area contributed by atoms with E-state index >= 15 is 0 Å². The fourth-order valence-corrected chi connectivity index (χ4v) is 17.3. The molecule has 11 fully saturated rings. The second-order valence-electron chi connectivity index (χ2n) is 33.7. The van der Waals surface area contributed by atoms with E-state index in [1.54, 1.807) is 0 Å². The van der Waals surface area contributed by atoms with Gasteiger partial charge in [0, 0.05) is 27.7 Å². The Morgan fingerprint density at radius 3 is 0.864 bits per heavy atom. The van der Waals surface area contributed by atoms with Gasteiger partial charge >= 0.3 is 0 Å². The molecule has 55 atom stereocenters. The molecule has 0 aromatic rings. The van der Waals surface area contributed by atoms with Crippen LogP contribution in [-0.2, 0) is 119 Å². The molecule has 0 bridgehead atoms. The zero-order valence-electron chi connectivity index (χ0n) is 71.3. The molecule has 0 unspecified atom stereocenters. The van der Waals surface area contributed by atoms with Crippen molar-refractivity contribution in [1.82, 2.24) is 21.3 Å². The van der Waals surface area contributed by atoms with Gasteiger partial charge in [0.15, 0.2) is 69.2 Å². The van der Waals surface area contributed by atoms with Crippen LogP contribution in [-0.4, -0.2) is 569 Å². The van der Waals surface area contributed by atoms with Gasteiger partial charge in [0.25, 0.3) is 0 Å². The number of hydrogen-bond donors (Lipinski definition) is 33. The minimum Gasteiger partial charge on any atom is -0.394 e. The SMILES string of the molecule is CC(=O)N[C@@H]1[C@@H](O)[C@H](O[C@@H]2O[C@H](CO)[C@@H](O[C@@H]3O[C@H](CO[C@H]4O[C@H](CO)[C@@H](O)[C@H](O)[C@@H]4O[C@@H]4O[C@H](CO)[C@@H](O[C@@H]5O[C@@H](C)[C@@H](O)[C@@H](O)[C@@H]5O)[C@H](O[C@@H]5O[C@H](CO)[C@H](O)[C@H](O)[C@H]5O)[C@H]4NC(C)=O)[C@@H](O)[C@H](O[C@H]4O[C@H](CO)[C@@H](O)[C@H](O)[C@@H]4O[C@@H]4O[C@H](CO)[C@@H](O[C@@H]5O[C@@H](C)[C@@H](O)[C@@H](O)[C@@H]5O)[C@H](O[C@@H]5O[C@H](CO)[C@H](O)[C@H](O)[C@H]5O)[C@H]4NC(C)=O)[C@@H]3O)[C@H](O)[C@H]2NC(C)=O)[C@@H](CO)O[C@H]1O. The van der Waals surface area contributed by atoms with Gasteiger partial charge in [0.05, 0.1) is 71.7 Å². The third-order valence-electron chi connectivity index (χ3n) is 24.5. The molecule has 0 saturated carbocycles. The molecule has 11 heterocycles. The smallest absolute Gasteiger partial charge is 0.217 e. The van der Waals surface area contributed by atoms with E-state index < -0.39 is 421 Å². The van der Waals surface area contributed by atoms with E-state index in [2.05, 4.69) is 21.3 Å². The van der Waals surface area contributed by atoms with E-state index in [4.69, 9.17) is 99.5 Å². The van der Waals surface area contributed by atoms with Gasteiger partial charge in [0.2, 0.25) is 23.6 Å². The highest BCUT2D eigenvalue weighted by molar-refractivity contribution is 5.74. The molecule has 0 aromatic carbocycles. The average molecular weight is 1930 g/mol. The van der Waals surface area contributed by atoms with Crippen molar-refractivity contribution in [1.29, 1.82) is 0 Å². The number of rotatable bonds is 33. The summed E-state index contributed by atoms with van der Waals surface area (Å²) in [4.78, 5) is 52.6. The molecule has 33 N–H and O–H groups in total. The van der Waals surface area contributed by atoms with Crippen molar-refractivity contribution in [2.75, 3.05) is 59.5 Å². The highest BCUT2D eigenvalue weighted by Gasteiger charge is 2.63. The van der Waals surface area contributed by atoms with Crippen molar-refractivity contribution in [3.63, 3.8) is 0 Å². The standard InChI is InChI=1S/C74H124N4O54/c1-16-35(91)44(100)50(106)68(113-16)126-57-28(13-85)121-66(33(77-20(5)89)59(57)128-70-52(108)46(102)37(93)22(7-79)116-70)131-62-48(104)39(95)24(9-81)118-73(62)112-15-30-41(97)61(54(110)72(123-30)125-56-27(12-84)120-65(32(43(56)99)76-19(4)88)124-55-26(11-83)115-64(111)31(42(55)98)75-18(3)87)130-74-63(49(105)40(96)25(10-82)119-74)132-67-34(78-21(6)90)60(129-71-53(109)47(103)38(94)23(8-80)117-71)58(29(14-86)122-67)127-69-51(107)45(101)36(92)17(2)114-69/h16-17,22-74,79-86,91-111H,7-15H2,1-6H3,(H,75,87)(H,76,88)(H,77,89)(H,78,90)/t16-,17-,22+,23+,24+,25+,26+,27+,28+,29+,30+,31+,32+,33+,34+,35+,36+,37-,38-,39+,40+,41+,42+,43+,44+,45+,46-,47-,48-,49-,50-,51-,52+,53+,54-,55+,56+,57+,58+,59+,60+,61-,62-,63-,64+,65-,66-,67-,68-,69-,70-,71-,72-,73-,74+/m0/s1. The van der Waals surface area contributed by atoms with Crippen LogP contribution in [0.1, 0.15) is 41.5 Å². The molecule has 58 heteroatoms. The van der Waals surface area contributed by atoms with E-state index in [-0.39, 0.29) is 0 Å². The van der Waals surface area contributed by atoms with Crippen molar-refractivity contribution >= 4 is 23.6 Å². The van der Waals surface area contributed by atoms with E-state index in [1.165, 1.54) is 13.8 Å². The molecule has 0 aromatic heterocycles. The zero-order valence-corrected chi connectivity index (χ0v) is 71.3. The summed E-state index contributed by atoms with van der Waals surface area (Å²) in [7, 11) is 0. The molecule has 764 valence electrons. The second kappa shape index (κ2) is 47.0. The molecule has 11 aliphatic heterocycles. The van der Waals surface area contributed by atoms with E-state index in [9.17, 15) is 167 Å². The molecule has 58 nitrogen and oxygen atoms in total. The van der Waals surface area contributed by atoms with Gasteiger partial charge in [-0.2, -0.15) is 0 Å².